The second-order valence-electron chi connectivity index (χ2n) is 5.03. The molecule has 0 spiro atoms. The lowest BCUT2D eigenvalue weighted by atomic mass is 10.2. The summed E-state index contributed by atoms with van der Waals surface area (Å²) in [7, 11) is 0. The van der Waals surface area contributed by atoms with Crippen molar-refractivity contribution in [2.75, 3.05) is 19.6 Å². The summed E-state index contributed by atoms with van der Waals surface area (Å²) < 4.78 is 5.09. The summed E-state index contributed by atoms with van der Waals surface area (Å²) in [6, 6.07) is -0.469. The number of nitrogens with one attached hydrogen (secondary N) is 3. The van der Waals surface area contributed by atoms with Crippen molar-refractivity contribution in [2.24, 2.45) is 5.73 Å². The Morgan fingerprint density at radius 1 is 1.22 bits per heavy atom. The molecule has 0 aromatic heterocycles. The fourth-order valence-electron chi connectivity index (χ4n) is 1.13. The lowest BCUT2D eigenvalue weighted by Crippen LogP contribution is -2.44. The Balaban J connectivity index is 3.61. The van der Waals surface area contributed by atoms with E-state index in [1.165, 1.54) is 0 Å². The minimum atomic E-state index is -0.545. The SMILES string of the molecule is CC(CNC(=O)OC(C)(C)C)NCCNC(N)=O. The van der Waals surface area contributed by atoms with E-state index in [1.807, 2.05) is 27.7 Å². The van der Waals surface area contributed by atoms with Crippen molar-refractivity contribution >= 4 is 12.1 Å². The minimum Gasteiger partial charge on any atom is -0.444 e. The second-order valence-corrected chi connectivity index (χ2v) is 5.03. The lowest BCUT2D eigenvalue weighted by Gasteiger charge is -2.21. The fraction of sp³-hybridized carbons (Fsp3) is 0.818. The van der Waals surface area contributed by atoms with Crippen LogP contribution in [0.3, 0.4) is 0 Å². The summed E-state index contributed by atoms with van der Waals surface area (Å²) in [6.45, 7) is 8.83. The van der Waals surface area contributed by atoms with Gasteiger partial charge in [-0.3, -0.25) is 0 Å². The Morgan fingerprint density at radius 3 is 2.33 bits per heavy atom. The zero-order chi connectivity index (χ0) is 14.2. The third kappa shape index (κ3) is 11.0. The van der Waals surface area contributed by atoms with Gasteiger partial charge in [0.1, 0.15) is 5.60 Å². The summed E-state index contributed by atoms with van der Waals surface area (Å²) >= 11 is 0. The van der Waals surface area contributed by atoms with Gasteiger partial charge in [-0.15, -0.1) is 0 Å². The molecule has 7 nitrogen and oxygen atoms in total. The first kappa shape index (κ1) is 16.5. The van der Waals surface area contributed by atoms with E-state index in [9.17, 15) is 9.59 Å². The molecule has 1 atom stereocenters. The van der Waals surface area contributed by atoms with Gasteiger partial charge in [-0.2, -0.15) is 0 Å². The van der Waals surface area contributed by atoms with Crippen molar-refractivity contribution < 1.29 is 14.3 Å². The first-order chi connectivity index (χ1) is 8.20. The van der Waals surface area contributed by atoms with Crippen molar-refractivity contribution in [3.8, 4) is 0 Å². The van der Waals surface area contributed by atoms with Gasteiger partial charge in [0, 0.05) is 25.7 Å². The van der Waals surface area contributed by atoms with Crippen LogP contribution in [0.1, 0.15) is 27.7 Å². The number of ether oxygens (including phenoxy) is 1. The molecule has 0 aliphatic rings. The first-order valence-corrected chi connectivity index (χ1v) is 5.94. The van der Waals surface area contributed by atoms with E-state index in [2.05, 4.69) is 16.0 Å². The maximum Gasteiger partial charge on any atom is 0.407 e. The van der Waals surface area contributed by atoms with Crippen LogP contribution in [0.5, 0.6) is 0 Å². The zero-order valence-electron chi connectivity index (χ0n) is 11.5. The number of alkyl carbamates (subject to hydrolysis) is 1. The molecule has 3 amide bonds. The van der Waals surface area contributed by atoms with Gasteiger partial charge >= 0.3 is 12.1 Å². The van der Waals surface area contributed by atoms with E-state index < -0.39 is 17.7 Å². The van der Waals surface area contributed by atoms with Crippen LogP contribution in [0.4, 0.5) is 9.59 Å². The molecule has 0 fully saturated rings. The molecule has 0 radical (unpaired) electrons. The molecule has 0 heterocycles. The van der Waals surface area contributed by atoms with E-state index >= 15 is 0 Å². The van der Waals surface area contributed by atoms with Gasteiger partial charge in [-0.1, -0.05) is 0 Å². The number of amides is 3. The Bertz CT molecular complexity index is 276. The maximum absolute atomic E-state index is 11.3. The second kappa shape index (κ2) is 7.75. The van der Waals surface area contributed by atoms with E-state index in [0.29, 0.717) is 19.6 Å². The van der Waals surface area contributed by atoms with Crippen LogP contribution in [-0.2, 0) is 4.74 Å². The average Bonchev–Trinajstić information content (AvgIpc) is 2.19. The third-order valence-corrected chi connectivity index (χ3v) is 1.87. The van der Waals surface area contributed by atoms with E-state index in [-0.39, 0.29) is 6.04 Å². The highest BCUT2D eigenvalue weighted by molar-refractivity contribution is 5.71. The van der Waals surface area contributed by atoms with Gasteiger partial charge < -0.3 is 26.4 Å². The topological polar surface area (TPSA) is 105 Å². The monoisotopic (exact) mass is 260 g/mol. The summed E-state index contributed by atoms with van der Waals surface area (Å²) in [6.07, 6.45) is -0.439. The summed E-state index contributed by atoms with van der Waals surface area (Å²) in [5, 5.41) is 8.23. The van der Waals surface area contributed by atoms with Crippen molar-refractivity contribution in [3.05, 3.63) is 0 Å². The van der Waals surface area contributed by atoms with Crippen LogP contribution in [-0.4, -0.2) is 43.4 Å². The number of hydrogen-bond donors (Lipinski definition) is 4. The molecular formula is C11H24N4O3. The number of carbonyl (C=O) groups is 2. The van der Waals surface area contributed by atoms with Crippen molar-refractivity contribution in [1.29, 1.82) is 0 Å². The molecule has 5 N–H and O–H groups in total. The normalized spacial score (nSPS) is 12.7. The van der Waals surface area contributed by atoms with Crippen LogP contribution in [0.15, 0.2) is 0 Å². The molecule has 0 rings (SSSR count). The van der Waals surface area contributed by atoms with Crippen LogP contribution < -0.4 is 21.7 Å². The Hall–Kier alpha value is -1.50. The molecule has 0 aromatic rings. The summed E-state index contributed by atoms with van der Waals surface area (Å²) in [5.74, 6) is 0. The van der Waals surface area contributed by atoms with Crippen LogP contribution in [0, 0.1) is 0 Å². The molecule has 0 saturated carbocycles. The number of primary amides is 1. The number of carbonyl (C=O) groups excluding carboxylic acids is 2. The molecule has 0 bridgehead atoms. The Kier molecular flexibility index (Phi) is 7.11. The average molecular weight is 260 g/mol. The quantitative estimate of drug-likeness (QED) is 0.510. The highest BCUT2D eigenvalue weighted by Crippen LogP contribution is 2.06. The molecule has 0 saturated heterocycles. The molecule has 0 aliphatic carbocycles. The highest BCUT2D eigenvalue weighted by Gasteiger charge is 2.16. The van der Waals surface area contributed by atoms with Crippen molar-refractivity contribution in [1.82, 2.24) is 16.0 Å². The largest absolute Gasteiger partial charge is 0.444 e. The van der Waals surface area contributed by atoms with Gasteiger partial charge in [0.2, 0.25) is 0 Å². The molecule has 1 unspecified atom stereocenters. The van der Waals surface area contributed by atoms with Gasteiger partial charge in [0.05, 0.1) is 0 Å². The minimum absolute atomic E-state index is 0.0761. The summed E-state index contributed by atoms with van der Waals surface area (Å²) in [5.41, 5.74) is 4.42. The Labute approximate surface area is 108 Å². The molecule has 106 valence electrons. The van der Waals surface area contributed by atoms with Crippen molar-refractivity contribution in [2.45, 2.75) is 39.3 Å². The van der Waals surface area contributed by atoms with Gasteiger partial charge in [-0.05, 0) is 27.7 Å². The van der Waals surface area contributed by atoms with E-state index in [1.54, 1.807) is 0 Å². The molecule has 18 heavy (non-hydrogen) atoms. The number of nitrogens with two attached hydrogens (primary N) is 1. The Morgan fingerprint density at radius 2 is 1.83 bits per heavy atom. The third-order valence-electron chi connectivity index (χ3n) is 1.87. The van der Waals surface area contributed by atoms with Crippen LogP contribution >= 0.6 is 0 Å². The van der Waals surface area contributed by atoms with Crippen LogP contribution in [0.2, 0.25) is 0 Å². The number of hydrogen-bond acceptors (Lipinski definition) is 4. The molecular weight excluding hydrogens is 236 g/mol. The van der Waals surface area contributed by atoms with Gasteiger partial charge in [-0.25, -0.2) is 9.59 Å². The zero-order valence-corrected chi connectivity index (χ0v) is 11.5. The molecule has 0 aromatic carbocycles. The predicted octanol–water partition coefficient (Wildman–Crippen LogP) is 0.158. The predicted molar refractivity (Wildman–Crippen MR) is 69.3 cm³/mol. The van der Waals surface area contributed by atoms with Gasteiger partial charge in [0.15, 0.2) is 0 Å². The van der Waals surface area contributed by atoms with Crippen LogP contribution in [0.25, 0.3) is 0 Å². The highest BCUT2D eigenvalue weighted by atomic mass is 16.6. The lowest BCUT2D eigenvalue weighted by molar-refractivity contribution is 0.0523. The smallest absolute Gasteiger partial charge is 0.407 e. The standard InChI is InChI=1S/C11H24N4O3/c1-8(13-5-6-14-9(12)16)7-15-10(17)18-11(2,3)4/h8,13H,5-7H2,1-4H3,(H,15,17)(H3,12,14,16). The fourth-order valence-corrected chi connectivity index (χ4v) is 1.13. The van der Waals surface area contributed by atoms with E-state index in [4.69, 9.17) is 10.5 Å². The van der Waals surface area contributed by atoms with Crippen molar-refractivity contribution in [3.63, 3.8) is 0 Å². The number of rotatable bonds is 6. The van der Waals surface area contributed by atoms with E-state index in [0.717, 1.165) is 0 Å². The first-order valence-electron chi connectivity index (χ1n) is 5.94. The van der Waals surface area contributed by atoms with Gasteiger partial charge in [0.25, 0.3) is 0 Å². The maximum atomic E-state index is 11.3. The summed E-state index contributed by atoms with van der Waals surface area (Å²) in [4.78, 5) is 21.7. The molecule has 0 aliphatic heterocycles. The number of urea groups is 1. The molecule has 7 heteroatoms.